The molecule has 0 fully saturated rings. The van der Waals surface area contributed by atoms with Crippen LogP contribution in [0.2, 0.25) is 10.0 Å². The van der Waals surface area contributed by atoms with Crippen LogP contribution >= 0.6 is 23.2 Å². The molecule has 3 rings (SSSR count). The van der Waals surface area contributed by atoms with E-state index < -0.39 is 0 Å². The monoisotopic (exact) mass is 392 g/mol. The van der Waals surface area contributed by atoms with Crippen molar-refractivity contribution >= 4 is 29.1 Å². The molecule has 0 atom stereocenters. The number of nitrogens with one attached hydrogen (secondary N) is 2. The highest BCUT2D eigenvalue weighted by Gasteiger charge is 2.17. The Balaban J connectivity index is 1.73. The number of carbonyl (C=O) groups excluding carboxylic acids is 1. The molecule has 1 aromatic heterocycles. The molecule has 0 spiro atoms. The maximum Gasteiger partial charge on any atom is 0.224 e. The van der Waals surface area contributed by atoms with Crippen molar-refractivity contribution in [2.24, 2.45) is 0 Å². The summed E-state index contributed by atoms with van der Waals surface area (Å²) >= 11 is 12.3. The predicted octanol–water partition coefficient (Wildman–Crippen LogP) is 3.37. The Morgan fingerprint density at radius 3 is 2.85 bits per heavy atom. The maximum atomic E-state index is 12.4. The fourth-order valence-electron chi connectivity index (χ4n) is 3.08. The molecule has 1 amide bonds. The summed E-state index contributed by atoms with van der Waals surface area (Å²) in [5.41, 5.74) is 4.68. The van der Waals surface area contributed by atoms with E-state index in [-0.39, 0.29) is 5.91 Å². The second kappa shape index (κ2) is 8.25. The summed E-state index contributed by atoms with van der Waals surface area (Å²) in [6, 6.07) is 5.30. The zero-order valence-electron chi connectivity index (χ0n) is 14.9. The van der Waals surface area contributed by atoms with Crippen molar-refractivity contribution < 1.29 is 4.79 Å². The fraction of sp³-hybridized carbons (Fsp3) is 0.368. The standard InChI is InChI=1S/C19H22Cl2N4O/c1-12-16(10-19(26)23-11-14-5-7-22-8-6-14)13(2)25(24-12)18-4-3-15(20)9-17(18)21/h3-5,9,22H,6-8,10-11H2,1-2H3,(H,23,26). The van der Waals surface area contributed by atoms with Gasteiger partial charge in [-0.15, -0.1) is 0 Å². The average molecular weight is 393 g/mol. The van der Waals surface area contributed by atoms with Gasteiger partial charge in [0.15, 0.2) is 0 Å². The minimum Gasteiger partial charge on any atom is -0.352 e. The number of carbonyl (C=O) groups is 1. The molecular formula is C19H22Cl2N4O. The molecule has 0 bridgehead atoms. The molecule has 2 aromatic rings. The van der Waals surface area contributed by atoms with Crippen LogP contribution in [0.15, 0.2) is 29.8 Å². The third kappa shape index (κ3) is 4.29. The average Bonchev–Trinajstić information content (AvgIpc) is 2.89. The van der Waals surface area contributed by atoms with Gasteiger partial charge in [0.2, 0.25) is 5.91 Å². The van der Waals surface area contributed by atoms with Gasteiger partial charge in [-0.05, 0) is 45.0 Å². The zero-order valence-corrected chi connectivity index (χ0v) is 16.4. The van der Waals surface area contributed by atoms with Crippen molar-refractivity contribution in [1.82, 2.24) is 20.4 Å². The molecule has 2 heterocycles. The molecule has 1 aliphatic rings. The first-order valence-electron chi connectivity index (χ1n) is 8.61. The lowest BCUT2D eigenvalue weighted by molar-refractivity contribution is -0.120. The molecule has 1 aromatic carbocycles. The summed E-state index contributed by atoms with van der Waals surface area (Å²) in [6.07, 6.45) is 3.42. The minimum absolute atomic E-state index is 0.00242. The number of rotatable bonds is 5. The first-order valence-corrected chi connectivity index (χ1v) is 9.37. The molecule has 0 radical (unpaired) electrons. The first kappa shape index (κ1) is 19.0. The van der Waals surface area contributed by atoms with Crippen molar-refractivity contribution in [2.45, 2.75) is 26.7 Å². The van der Waals surface area contributed by atoms with E-state index >= 15 is 0 Å². The number of benzene rings is 1. The lowest BCUT2D eigenvalue weighted by atomic mass is 10.1. The van der Waals surface area contributed by atoms with Gasteiger partial charge in [0.25, 0.3) is 0 Å². The van der Waals surface area contributed by atoms with Crippen LogP contribution in [-0.4, -0.2) is 35.3 Å². The number of halogens is 2. The normalized spacial score (nSPS) is 14.2. The van der Waals surface area contributed by atoms with Crippen molar-refractivity contribution in [3.63, 3.8) is 0 Å². The van der Waals surface area contributed by atoms with Crippen LogP contribution in [0.25, 0.3) is 5.69 Å². The van der Waals surface area contributed by atoms with Gasteiger partial charge in [-0.25, -0.2) is 4.68 Å². The zero-order chi connectivity index (χ0) is 18.7. The number of aryl methyl sites for hydroxylation is 1. The highest BCUT2D eigenvalue weighted by atomic mass is 35.5. The third-order valence-electron chi connectivity index (χ3n) is 4.59. The SMILES string of the molecule is Cc1nn(-c2ccc(Cl)cc2Cl)c(C)c1CC(=O)NCC1=CCNCC1. The number of aromatic nitrogens is 2. The van der Waals surface area contributed by atoms with Crippen molar-refractivity contribution in [3.8, 4) is 5.69 Å². The van der Waals surface area contributed by atoms with Crippen molar-refractivity contribution in [2.75, 3.05) is 19.6 Å². The lowest BCUT2D eigenvalue weighted by Crippen LogP contribution is -2.30. The van der Waals surface area contributed by atoms with E-state index in [4.69, 9.17) is 23.2 Å². The Morgan fingerprint density at radius 2 is 2.15 bits per heavy atom. The summed E-state index contributed by atoms with van der Waals surface area (Å²) in [7, 11) is 0. The highest BCUT2D eigenvalue weighted by Crippen LogP contribution is 2.27. The molecular weight excluding hydrogens is 371 g/mol. The summed E-state index contributed by atoms with van der Waals surface area (Å²) in [6.45, 7) is 6.30. The second-order valence-electron chi connectivity index (χ2n) is 6.43. The Bertz CT molecular complexity index is 857. The van der Waals surface area contributed by atoms with Gasteiger partial charge in [-0.3, -0.25) is 4.79 Å². The second-order valence-corrected chi connectivity index (χ2v) is 7.27. The van der Waals surface area contributed by atoms with E-state index in [1.54, 1.807) is 16.8 Å². The van der Waals surface area contributed by atoms with Gasteiger partial charge >= 0.3 is 0 Å². The van der Waals surface area contributed by atoms with E-state index in [9.17, 15) is 4.79 Å². The van der Waals surface area contributed by atoms with Crippen LogP contribution in [0, 0.1) is 13.8 Å². The molecule has 0 saturated heterocycles. The Kier molecular flexibility index (Phi) is 6.01. The van der Waals surface area contributed by atoms with Crippen LogP contribution in [-0.2, 0) is 11.2 Å². The molecule has 5 nitrogen and oxygen atoms in total. The largest absolute Gasteiger partial charge is 0.352 e. The van der Waals surface area contributed by atoms with E-state index in [0.29, 0.717) is 23.0 Å². The summed E-state index contributed by atoms with van der Waals surface area (Å²) in [5, 5.41) is 11.9. The Morgan fingerprint density at radius 1 is 1.35 bits per heavy atom. The molecule has 26 heavy (non-hydrogen) atoms. The fourth-order valence-corrected chi connectivity index (χ4v) is 3.57. The van der Waals surface area contributed by atoms with Crippen LogP contribution in [0.5, 0.6) is 0 Å². The van der Waals surface area contributed by atoms with Gasteiger partial charge in [-0.1, -0.05) is 34.9 Å². The van der Waals surface area contributed by atoms with Crippen LogP contribution in [0.1, 0.15) is 23.4 Å². The number of nitrogens with zero attached hydrogens (tertiary/aromatic N) is 2. The summed E-state index contributed by atoms with van der Waals surface area (Å²) < 4.78 is 1.77. The van der Waals surface area contributed by atoms with Gasteiger partial charge in [-0.2, -0.15) is 5.10 Å². The first-order chi connectivity index (χ1) is 12.5. The summed E-state index contributed by atoms with van der Waals surface area (Å²) in [5.74, 6) is -0.00242. The predicted molar refractivity (Wildman–Crippen MR) is 105 cm³/mol. The molecule has 2 N–H and O–H groups in total. The van der Waals surface area contributed by atoms with Gasteiger partial charge in [0.1, 0.15) is 0 Å². The molecule has 1 aliphatic heterocycles. The summed E-state index contributed by atoms with van der Waals surface area (Å²) in [4.78, 5) is 12.4. The maximum absolute atomic E-state index is 12.4. The van der Waals surface area contributed by atoms with Gasteiger partial charge in [0.05, 0.1) is 22.8 Å². The number of hydrogen-bond acceptors (Lipinski definition) is 3. The number of hydrogen-bond donors (Lipinski definition) is 2. The van der Waals surface area contributed by atoms with Crippen LogP contribution < -0.4 is 10.6 Å². The van der Waals surface area contributed by atoms with E-state index in [0.717, 1.165) is 42.1 Å². The van der Waals surface area contributed by atoms with E-state index in [1.165, 1.54) is 5.57 Å². The Hall–Kier alpha value is -1.82. The van der Waals surface area contributed by atoms with Crippen LogP contribution in [0.4, 0.5) is 0 Å². The topological polar surface area (TPSA) is 59.0 Å². The third-order valence-corrected chi connectivity index (χ3v) is 5.12. The lowest BCUT2D eigenvalue weighted by Gasteiger charge is -2.14. The molecule has 7 heteroatoms. The highest BCUT2D eigenvalue weighted by molar-refractivity contribution is 6.35. The molecule has 138 valence electrons. The molecule has 0 unspecified atom stereocenters. The van der Waals surface area contributed by atoms with Gasteiger partial charge < -0.3 is 10.6 Å². The Labute approximate surface area is 163 Å². The molecule has 0 aliphatic carbocycles. The van der Waals surface area contributed by atoms with E-state index in [1.807, 2.05) is 19.9 Å². The van der Waals surface area contributed by atoms with Crippen molar-refractivity contribution in [1.29, 1.82) is 0 Å². The molecule has 0 saturated carbocycles. The smallest absolute Gasteiger partial charge is 0.224 e. The quantitative estimate of drug-likeness (QED) is 0.766. The van der Waals surface area contributed by atoms with Gasteiger partial charge in [0, 0.05) is 29.4 Å². The van der Waals surface area contributed by atoms with E-state index in [2.05, 4.69) is 21.8 Å². The van der Waals surface area contributed by atoms with Crippen molar-refractivity contribution in [3.05, 3.63) is 56.8 Å². The minimum atomic E-state index is -0.00242. The number of amides is 1. The van der Waals surface area contributed by atoms with Crippen LogP contribution in [0.3, 0.4) is 0 Å².